The second kappa shape index (κ2) is 10.0. The first-order valence-corrected chi connectivity index (χ1v) is 14.3. The van der Waals surface area contributed by atoms with E-state index in [2.05, 4.69) is 10.3 Å². The zero-order chi connectivity index (χ0) is 27.1. The lowest BCUT2D eigenvalue weighted by atomic mass is 10.0. The van der Waals surface area contributed by atoms with Crippen molar-refractivity contribution in [1.82, 2.24) is 23.9 Å². The van der Waals surface area contributed by atoms with Crippen molar-refractivity contribution in [3.63, 3.8) is 0 Å². The number of rotatable bonds is 7. The highest BCUT2D eigenvalue weighted by atomic mass is 32.2. The van der Waals surface area contributed by atoms with Gasteiger partial charge < -0.3 is 19.4 Å². The van der Waals surface area contributed by atoms with E-state index >= 15 is 0 Å². The summed E-state index contributed by atoms with van der Waals surface area (Å²) in [7, 11) is -3.65. The Balaban J connectivity index is 1.16. The van der Waals surface area contributed by atoms with Gasteiger partial charge in [0.2, 0.25) is 10.0 Å². The molecule has 2 unspecified atom stereocenters. The van der Waals surface area contributed by atoms with E-state index in [4.69, 9.17) is 4.74 Å². The summed E-state index contributed by atoms with van der Waals surface area (Å²) in [6.45, 7) is 7.79. The lowest BCUT2D eigenvalue weighted by Gasteiger charge is -2.27. The Morgan fingerprint density at radius 3 is 2.39 bits per heavy atom. The lowest BCUT2D eigenvalue weighted by molar-refractivity contribution is 0.0139. The van der Waals surface area contributed by atoms with Crippen molar-refractivity contribution in [2.24, 2.45) is 11.8 Å². The SMILES string of the molecule is CCC(C)(C)OC(=O)N1CC2CN(S(=O)(=O)c3ccc(CNC(=O)c4ccc5nccn5c4)cc3)CC2C1. The predicted octanol–water partition coefficient (Wildman–Crippen LogP) is 3.14. The molecule has 10 nitrogen and oxygen atoms in total. The first-order valence-electron chi connectivity index (χ1n) is 12.8. The van der Waals surface area contributed by atoms with Crippen LogP contribution in [0.5, 0.6) is 0 Å². The number of benzene rings is 1. The van der Waals surface area contributed by atoms with Crippen LogP contribution in [-0.4, -0.2) is 70.8 Å². The van der Waals surface area contributed by atoms with Crippen LogP contribution in [0.3, 0.4) is 0 Å². The number of likely N-dealkylation sites (tertiary alicyclic amines) is 1. The zero-order valence-corrected chi connectivity index (χ0v) is 22.6. The molecule has 0 saturated carbocycles. The molecule has 5 rings (SSSR count). The van der Waals surface area contributed by atoms with Gasteiger partial charge in [-0.1, -0.05) is 19.1 Å². The van der Waals surface area contributed by atoms with Crippen LogP contribution < -0.4 is 5.32 Å². The summed E-state index contributed by atoms with van der Waals surface area (Å²) in [5.41, 5.74) is 1.54. The summed E-state index contributed by atoms with van der Waals surface area (Å²) in [5.74, 6) is -0.0340. The third-order valence-corrected chi connectivity index (χ3v) is 9.44. The van der Waals surface area contributed by atoms with Crippen molar-refractivity contribution in [2.75, 3.05) is 26.2 Å². The molecule has 202 valence electrons. The van der Waals surface area contributed by atoms with E-state index in [-0.39, 0.29) is 35.3 Å². The molecular formula is C27H33N5O5S. The van der Waals surface area contributed by atoms with Gasteiger partial charge in [0.15, 0.2) is 0 Å². The Kier molecular flexibility index (Phi) is 6.91. The molecule has 2 fully saturated rings. The van der Waals surface area contributed by atoms with Crippen LogP contribution in [0.15, 0.2) is 59.9 Å². The highest BCUT2D eigenvalue weighted by Gasteiger charge is 2.46. The Hall–Kier alpha value is -3.44. The standard InChI is InChI=1S/C27H33N5O5S/c1-4-27(2,3)37-26(34)31-15-21-17-32(18-22(21)16-31)38(35,36)23-8-5-19(6-9-23)13-29-25(33)20-7-10-24-28-11-12-30(24)14-20/h5-12,14,21-22H,4,13,15-18H2,1-3H3,(H,29,33). The number of carbonyl (C=O) groups excluding carboxylic acids is 2. The van der Waals surface area contributed by atoms with Gasteiger partial charge in [0.05, 0.1) is 10.5 Å². The number of nitrogens with zero attached hydrogens (tertiary/aromatic N) is 4. The van der Waals surface area contributed by atoms with E-state index in [0.717, 1.165) is 17.6 Å². The third kappa shape index (κ3) is 5.25. The molecular weight excluding hydrogens is 506 g/mol. The average molecular weight is 540 g/mol. The molecule has 4 heterocycles. The summed E-state index contributed by atoms with van der Waals surface area (Å²) in [6.07, 6.45) is 5.55. The van der Waals surface area contributed by atoms with Gasteiger partial charge in [-0.15, -0.1) is 0 Å². The monoisotopic (exact) mass is 539 g/mol. The Bertz CT molecular complexity index is 1440. The lowest BCUT2D eigenvalue weighted by Crippen LogP contribution is -2.39. The van der Waals surface area contributed by atoms with Gasteiger partial charge in [0, 0.05) is 51.3 Å². The number of imidazole rings is 1. The topological polar surface area (TPSA) is 113 Å². The van der Waals surface area contributed by atoms with Crippen LogP contribution in [0, 0.1) is 11.8 Å². The Labute approximate surface area is 222 Å². The number of hydrogen-bond donors (Lipinski definition) is 1. The molecule has 3 aromatic rings. The van der Waals surface area contributed by atoms with E-state index in [1.807, 2.05) is 20.8 Å². The quantitative estimate of drug-likeness (QED) is 0.494. The van der Waals surface area contributed by atoms with E-state index in [0.29, 0.717) is 31.7 Å². The van der Waals surface area contributed by atoms with Crippen LogP contribution in [0.1, 0.15) is 43.1 Å². The van der Waals surface area contributed by atoms with Crippen molar-refractivity contribution in [1.29, 1.82) is 0 Å². The third-order valence-electron chi connectivity index (χ3n) is 7.59. The smallest absolute Gasteiger partial charge is 0.410 e. The van der Waals surface area contributed by atoms with Crippen molar-refractivity contribution >= 4 is 27.7 Å². The van der Waals surface area contributed by atoms with E-state index in [1.54, 1.807) is 64.3 Å². The molecule has 0 aliphatic carbocycles. The number of ether oxygens (including phenoxy) is 1. The van der Waals surface area contributed by atoms with Gasteiger partial charge >= 0.3 is 6.09 Å². The number of aromatic nitrogens is 2. The molecule has 0 spiro atoms. The Morgan fingerprint density at radius 1 is 1.05 bits per heavy atom. The second-order valence-electron chi connectivity index (χ2n) is 10.7. The minimum absolute atomic E-state index is 0.0955. The van der Waals surface area contributed by atoms with Crippen LogP contribution in [-0.2, 0) is 21.3 Å². The zero-order valence-electron chi connectivity index (χ0n) is 21.8. The summed E-state index contributed by atoms with van der Waals surface area (Å²) in [6, 6.07) is 10.1. The van der Waals surface area contributed by atoms with E-state index in [1.165, 1.54) is 4.31 Å². The normalized spacial score (nSPS) is 20.0. The Morgan fingerprint density at radius 2 is 1.74 bits per heavy atom. The highest BCUT2D eigenvalue weighted by Crippen LogP contribution is 2.35. The van der Waals surface area contributed by atoms with Crippen molar-refractivity contribution in [3.8, 4) is 0 Å². The molecule has 1 aromatic carbocycles. The maximum atomic E-state index is 13.3. The molecule has 2 atom stereocenters. The molecule has 1 N–H and O–H groups in total. The van der Waals surface area contributed by atoms with Crippen LogP contribution in [0.4, 0.5) is 4.79 Å². The van der Waals surface area contributed by atoms with Crippen molar-refractivity contribution < 1.29 is 22.7 Å². The van der Waals surface area contributed by atoms with E-state index < -0.39 is 15.6 Å². The summed E-state index contributed by atoms with van der Waals surface area (Å²) < 4.78 is 35.5. The molecule has 2 amide bonds. The number of carbonyl (C=O) groups is 2. The van der Waals surface area contributed by atoms with Gasteiger partial charge in [-0.05, 0) is 61.9 Å². The van der Waals surface area contributed by atoms with Crippen molar-refractivity contribution in [3.05, 3.63) is 66.1 Å². The predicted molar refractivity (Wildman–Crippen MR) is 141 cm³/mol. The number of sulfonamides is 1. The first kappa shape index (κ1) is 26.2. The highest BCUT2D eigenvalue weighted by molar-refractivity contribution is 7.89. The van der Waals surface area contributed by atoms with Crippen molar-refractivity contribution in [2.45, 2.75) is 44.2 Å². The number of fused-ring (bicyclic) bond motifs is 2. The maximum absolute atomic E-state index is 13.3. The number of nitrogens with one attached hydrogen (secondary N) is 1. The average Bonchev–Trinajstić information content (AvgIpc) is 3.62. The summed E-state index contributed by atoms with van der Waals surface area (Å²) in [4.78, 5) is 31.2. The molecule has 38 heavy (non-hydrogen) atoms. The minimum Gasteiger partial charge on any atom is -0.443 e. The van der Waals surface area contributed by atoms with Gasteiger partial charge in [-0.2, -0.15) is 4.31 Å². The molecule has 2 aromatic heterocycles. The number of pyridine rings is 1. The molecule has 0 radical (unpaired) electrons. The van der Waals surface area contributed by atoms with Gasteiger partial charge in [0.25, 0.3) is 5.91 Å². The minimum atomic E-state index is -3.65. The van der Waals surface area contributed by atoms with Crippen LogP contribution in [0.2, 0.25) is 0 Å². The molecule has 2 aliphatic heterocycles. The largest absolute Gasteiger partial charge is 0.443 e. The number of hydrogen-bond acceptors (Lipinski definition) is 6. The fourth-order valence-corrected chi connectivity index (χ4v) is 6.49. The van der Waals surface area contributed by atoms with Gasteiger partial charge in [-0.3, -0.25) is 4.79 Å². The fourth-order valence-electron chi connectivity index (χ4n) is 4.94. The second-order valence-corrected chi connectivity index (χ2v) is 12.6. The molecule has 0 bridgehead atoms. The summed E-state index contributed by atoms with van der Waals surface area (Å²) >= 11 is 0. The molecule has 2 aliphatic rings. The van der Waals surface area contributed by atoms with Gasteiger partial charge in [-0.25, -0.2) is 18.2 Å². The fraction of sp³-hybridized carbons (Fsp3) is 0.444. The van der Waals surface area contributed by atoms with Crippen LogP contribution >= 0.6 is 0 Å². The van der Waals surface area contributed by atoms with Gasteiger partial charge in [0.1, 0.15) is 11.2 Å². The molecule has 2 saturated heterocycles. The number of amides is 2. The maximum Gasteiger partial charge on any atom is 0.410 e. The first-order chi connectivity index (χ1) is 18.1. The summed E-state index contributed by atoms with van der Waals surface area (Å²) in [5, 5.41) is 2.87. The van der Waals surface area contributed by atoms with E-state index in [9.17, 15) is 18.0 Å². The van der Waals surface area contributed by atoms with Crippen LogP contribution in [0.25, 0.3) is 5.65 Å². The molecule has 11 heteroatoms.